The molecule has 0 radical (unpaired) electrons. The molecule has 1 spiro atoms. The van der Waals surface area contributed by atoms with Crippen LogP contribution < -0.4 is 13.9 Å². The number of rotatable bonds is 5. The normalized spacial score (nSPS) is 15.4. The van der Waals surface area contributed by atoms with E-state index < -0.39 is 5.85 Å². The maximum atomic E-state index is 8.12. The topological polar surface area (TPSA) is 21.9 Å². The molecule has 1 unspecified atom stereocenters. The molecule has 0 fully saturated rings. The number of hydrogen-bond acceptors (Lipinski definition) is 1. The molecule has 312 valence electrons. The molecule has 0 saturated heterocycles. The Bertz CT molecular complexity index is 3400. The number of hydrogen-bond donors (Lipinski definition) is 0. The van der Waals surface area contributed by atoms with Gasteiger partial charge in [0.15, 0.2) is 23.0 Å². The van der Waals surface area contributed by atoms with E-state index in [-0.39, 0.29) is 10.8 Å². The van der Waals surface area contributed by atoms with Gasteiger partial charge in [0, 0.05) is 28.8 Å². The molecule has 12 rings (SSSR count). The molecule has 5 heterocycles. The van der Waals surface area contributed by atoms with Crippen molar-refractivity contribution < 1.29 is 13.9 Å². The number of para-hydroxylation sites is 1. The van der Waals surface area contributed by atoms with Crippen molar-refractivity contribution in [3.05, 3.63) is 192 Å². The quantitative estimate of drug-likeness (QED) is 0.158. The van der Waals surface area contributed by atoms with Crippen LogP contribution in [0, 0.1) is 6.92 Å². The highest BCUT2D eigenvalue weighted by atomic mass is 16.5. The van der Waals surface area contributed by atoms with Crippen LogP contribution in [0.5, 0.6) is 5.75 Å². The first-order chi connectivity index (χ1) is 30.8. The summed E-state index contributed by atoms with van der Waals surface area (Å²) in [5, 5.41) is 0. The third-order valence-corrected chi connectivity index (χ3v) is 14.1. The molecule has 0 saturated carbocycles. The van der Waals surface area contributed by atoms with Gasteiger partial charge < -0.3 is 4.74 Å². The van der Waals surface area contributed by atoms with Gasteiger partial charge in [0.05, 0.1) is 5.56 Å². The number of nitrogens with zero attached hydrogens (tertiary/aromatic N) is 3. The molecule has 3 aliphatic rings. The van der Waals surface area contributed by atoms with E-state index in [4.69, 9.17) is 4.74 Å². The van der Waals surface area contributed by atoms with Crippen LogP contribution in [0.15, 0.2) is 164 Å². The molecule has 2 aromatic heterocycles. The predicted octanol–water partition coefficient (Wildman–Crippen LogP) is 13.9. The van der Waals surface area contributed by atoms with Crippen LogP contribution >= 0.6 is 0 Å². The standard InChI is InChI=1S/C60H53N3O/c1-9-38-31-45(27-28-46(38)41-19-14-11-15-20-41)62-52-22-16-21-47-48-32-43(39-17-12-10-13-18-39)33-49-53-34-42(40-25-23-37(2)24-26-40)29-30-61(53)60(54(48)49)63(55(47)52)57(62)50-35-44(58(3,4)5)36-51(56(50)64-60)59(6,7)8/h10-36H,9H2,1-8H3/q+2. The number of fused-ring (bicyclic) bond motifs is 5. The van der Waals surface area contributed by atoms with Crippen molar-refractivity contribution in [1.82, 2.24) is 4.57 Å². The third kappa shape index (κ3) is 5.41. The Morgan fingerprint density at radius 3 is 1.97 bits per heavy atom. The number of benzene rings is 7. The fraction of sp³-hybridized carbons (Fsp3) is 0.200. The number of pyridine rings is 1. The van der Waals surface area contributed by atoms with Gasteiger partial charge in [-0.15, -0.1) is 9.13 Å². The number of ether oxygens (including phenoxy) is 1. The highest BCUT2D eigenvalue weighted by Crippen LogP contribution is 2.56. The Kier molecular flexibility index (Phi) is 8.14. The Hall–Kier alpha value is -7.04. The summed E-state index contributed by atoms with van der Waals surface area (Å²) in [6.07, 6.45) is 3.20. The van der Waals surface area contributed by atoms with Gasteiger partial charge in [-0.3, -0.25) is 0 Å². The summed E-state index contributed by atoms with van der Waals surface area (Å²) >= 11 is 0. The van der Waals surface area contributed by atoms with Crippen molar-refractivity contribution in [3.63, 3.8) is 0 Å². The molecule has 4 nitrogen and oxygen atoms in total. The summed E-state index contributed by atoms with van der Waals surface area (Å²) < 4.78 is 15.7. The first kappa shape index (κ1) is 38.6. The maximum absolute atomic E-state index is 8.12. The van der Waals surface area contributed by atoms with Gasteiger partial charge in [-0.1, -0.05) is 151 Å². The lowest BCUT2D eigenvalue weighted by Crippen LogP contribution is -2.78. The van der Waals surface area contributed by atoms with Crippen molar-refractivity contribution in [2.45, 2.75) is 78.5 Å². The number of aromatic nitrogens is 3. The van der Waals surface area contributed by atoms with E-state index in [2.05, 4.69) is 233 Å². The summed E-state index contributed by atoms with van der Waals surface area (Å²) in [5.41, 5.74) is 22.5. The average Bonchev–Trinajstić information content (AvgIpc) is 3.80. The van der Waals surface area contributed by atoms with Crippen LogP contribution in [0.1, 0.15) is 76.3 Å². The molecule has 0 bridgehead atoms. The predicted molar refractivity (Wildman–Crippen MR) is 261 cm³/mol. The van der Waals surface area contributed by atoms with Crippen molar-refractivity contribution >= 4 is 11.0 Å². The molecule has 64 heavy (non-hydrogen) atoms. The summed E-state index contributed by atoms with van der Waals surface area (Å²) in [6, 6.07) is 59.0. The van der Waals surface area contributed by atoms with Crippen molar-refractivity contribution in [1.29, 1.82) is 0 Å². The van der Waals surface area contributed by atoms with E-state index in [1.165, 1.54) is 83.4 Å². The van der Waals surface area contributed by atoms with E-state index >= 15 is 0 Å². The van der Waals surface area contributed by atoms with Gasteiger partial charge >= 0.3 is 11.7 Å². The molecule has 7 aromatic carbocycles. The summed E-state index contributed by atoms with van der Waals surface area (Å²) in [4.78, 5) is 0. The van der Waals surface area contributed by atoms with Crippen LogP contribution in [0.25, 0.3) is 83.9 Å². The van der Waals surface area contributed by atoms with Crippen LogP contribution in [-0.2, 0) is 23.1 Å². The van der Waals surface area contributed by atoms with Crippen LogP contribution in [0.4, 0.5) is 0 Å². The third-order valence-electron chi connectivity index (χ3n) is 14.1. The SMILES string of the molecule is CCc1cc(-n2c3[n+]4c5c(cccc52)-c2cc(-c5ccccc5)cc5c2C4(Oc2c-3cc(C(C)(C)C)cc2C(C)(C)C)[n+]2ccc(-c3ccc(C)cc3)cc2-5)ccc1-c1ccccc1. The Balaban J connectivity index is 1.26. The van der Waals surface area contributed by atoms with Crippen molar-refractivity contribution in [2.75, 3.05) is 0 Å². The van der Waals surface area contributed by atoms with Crippen LogP contribution in [0.2, 0.25) is 0 Å². The zero-order valence-electron chi connectivity index (χ0n) is 38.0. The van der Waals surface area contributed by atoms with Crippen molar-refractivity contribution in [3.8, 4) is 78.6 Å². The van der Waals surface area contributed by atoms with Gasteiger partial charge in [-0.2, -0.15) is 4.57 Å². The minimum Gasteiger partial charge on any atom is -0.392 e. The second-order valence-corrected chi connectivity index (χ2v) is 20.2. The van der Waals surface area contributed by atoms with E-state index in [0.717, 1.165) is 40.5 Å². The van der Waals surface area contributed by atoms with Gasteiger partial charge in [0.2, 0.25) is 5.69 Å². The van der Waals surface area contributed by atoms with E-state index in [0.29, 0.717) is 0 Å². The fourth-order valence-electron chi connectivity index (χ4n) is 10.8. The van der Waals surface area contributed by atoms with Gasteiger partial charge in [0.25, 0.3) is 0 Å². The first-order valence-corrected chi connectivity index (χ1v) is 22.9. The van der Waals surface area contributed by atoms with Crippen LogP contribution in [0.3, 0.4) is 0 Å². The number of imidazole rings is 1. The fourth-order valence-corrected chi connectivity index (χ4v) is 10.8. The first-order valence-electron chi connectivity index (χ1n) is 22.9. The minimum atomic E-state index is -1.07. The zero-order valence-corrected chi connectivity index (χ0v) is 38.0. The lowest BCUT2D eigenvalue weighted by atomic mass is 9.78. The smallest absolute Gasteiger partial charge is 0.392 e. The van der Waals surface area contributed by atoms with Gasteiger partial charge in [-0.05, 0) is 117 Å². The molecule has 4 heteroatoms. The van der Waals surface area contributed by atoms with Crippen LogP contribution in [-0.4, -0.2) is 4.57 Å². The molecule has 0 aliphatic carbocycles. The molecule has 3 aliphatic heterocycles. The minimum absolute atomic E-state index is 0.102. The second-order valence-electron chi connectivity index (χ2n) is 20.2. The highest BCUT2D eigenvalue weighted by molar-refractivity contribution is 5.99. The molecule has 1 atom stereocenters. The molecule has 9 aromatic rings. The average molecular weight is 832 g/mol. The molecule has 0 N–H and O–H groups in total. The molecular formula is C60H53N3O+2. The summed E-state index contributed by atoms with van der Waals surface area (Å²) in [6.45, 7) is 18.4. The molecular weight excluding hydrogens is 779 g/mol. The summed E-state index contributed by atoms with van der Waals surface area (Å²) in [7, 11) is 0. The lowest BCUT2D eigenvalue weighted by molar-refractivity contribution is -0.997. The van der Waals surface area contributed by atoms with Gasteiger partial charge in [0.1, 0.15) is 16.8 Å². The largest absolute Gasteiger partial charge is 0.499 e. The van der Waals surface area contributed by atoms with E-state index in [1.54, 1.807) is 0 Å². The van der Waals surface area contributed by atoms with Crippen molar-refractivity contribution in [2.24, 2.45) is 0 Å². The lowest BCUT2D eigenvalue weighted by Gasteiger charge is -2.36. The zero-order chi connectivity index (χ0) is 43.9. The Morgan fingerprint density at radius 2 is 1.27 bits per heavy atom. The van der Waals surface area contributed by atoms with E-state index in [9.17, 15) is 0 Å². The van der Waals surface area contributed by atoms with Gasteiger partial charge in [-0.25, -0.2) is 0 Å². The monoisotopic (exact) mass is 831 g/mol. The Morgan fingerprint density at radius 1 is 0.562 bits per heavy atom. The Labute approximate surface area is 376 Å². The summed E-state index contributed by atoms with van der Waals surface area (Å²) in [5.74, 6) is 1.00. The highest BCUT2D eigenvalue weighted by Gasteiger charge is 2.69. The number of aryl methyl sites for hydroxylation is 2. The van der Waals surface area contributed by atoms with E-state index in [1.807, 2.05) is 0 Å². The second kappa shape index (κ2) is 13.5. The molecule has 0 amide bonds. The maximum Gasteiger partial charge on any atom is 0.499 e.